The van der Waals surface area contributed by atoms with Gasteiger partial charge in [0.25, 0.3) is 0 Å². The highest BCUT2D eigenvalue weighted by molar-refractivity contribution is 5.86. The fourth-order valence-corrected chi connectivity index (χ4v) is 2.07. The molecule has 0 amide bonds. The van der Waals surface area contributed by atoms with Gasteiger partial charge in [0.05, 0.1) is 11.8 Å². The molecule has 1 aromatic carbocycles. The molecule has 0 unspecified atom stereocenters. The molecule has 0 aromatic heterocycles. The minimum absolute atomic E-state index is 0.126. The Morgan fingerprint density at radius 3 is 2.35 bits per heavy atom. The van der Waals surface area contributed by atoms with Gasteiger partial charge in [-0.2, -0.15) is 5.10 Å². The van der Waals surface area contributed by atoms with Crippen LogP contribution in [0.2, 0.25) is 0 Å². The smallest absolute Gasteiger partial charge is 0.0590 e. The van der Waals surface area contributed by atoms with Crippen molar-refractivity contribution in [3.63, 3.8) is 0 Å². The number of aliphatic hydroxyl groups excluding tert-OH is 1. The van der Waals surface area contributed by atoms with Gasteiger partial charge in [-0.3, -0.25) is 5.01 Å². The second kappa shape index (κ2) is 5.32. The summed E-state index contributed by atoms with van der Waals surface area (Å²) in [4.78, 5) is 0. The first-order chi connectivity index (χ1) is 8.15. The molecule has 3 heteroatoms. The lowest BCUT2D eigenvalue weighted by atomic mass is 9.96. The Balaban J connectivity index is 2.03. The van der Waals surface area contributed by atoms with E-state index >= 15 is 0 Å². The van der Waals surface area contributed by atoms with Crippen molar-refractivity contribution in [1.29, 1.82) is 0 Å². The molecule has 17 heavy (non-hydrogen) atoms. The van der Waals surface area contributed by atoms with Gasteiger partial charge in [0, 0.05) is 12.8 Å². The average molecular weight is 232 g/mol. The van der Waals surface area contributed by atoms with E-state index in [9.17, 15) is 5.11 Å². The molecule has 0 aliphatic heterocycles. The molecule has 2 rings (SSSR count). The number of anilines is 1. The van der Waals surface area contributed by atoms with Crippen LogP contribution in [0.1, 0.15) is 31.2 Å². The Kier molecular flexibility index (Phi) is 3.79. The number of rotatable bonds is 2. The van der Waals surface area contributed by atoms with E-state index in [1.54, 1.807) is 0 Å². The third-order valence-corrected chi connectivity index (χ3v) is 3.23. The quantitative estimate of drug-likeness (QED) is 0.796. The molecule has 1 N–H and O–H groups in total. The van der Waals surface area contributed by atoms with Crippen LogP contribution in [-0.2, 0) is 0 Å². The molecule has 1 aliphatic rings. The van der Waals surface area contributed by atoms with Crippen molar-refractivity contribution >= 4 is 11.4 Å². The zero-order chi connectivity index (χ0) is 12.3. The molecule has 1 aromatic rings. The van der Waals surface area contributed by atoms with Gasteiger partial charge in [0.2, 0.25) is 0 Å². The summed E-state index contributed by atoms with van der Waals surface area (Å²) in [5, 5.41) is 16.0. The van der Waals surface area contributed by atoms with Crippen LogP contribution in [0.25, 0.3) is 0 Å². The fraction of sp³-hybridized carbons (Fsp3) is 0.500. The summed E-state index contributed by atoms with van der Waals surface area (Å²) in [5.41, 5.74) is 3.56. The van der Waals surface area contributed by atoms with Crippen LogP contribution in [0.4, 0.5) is 5.69 Å². The molecular formula is C14H20N2O. The van der Waals surface area contributed by atoms with Crippen LogP contribution in [-0.4, -0.2) is 24.0 Å². The lowest BCUT2D eigenvalue weighted by Crippen LogP contribution is -2.21. The molecule has 0 saturated heterocycles. The van der Waals surface area contributed by atoms with Crippen LogP contribution in [0.15, 0.2) is 29.4 Å². The number of hydrogen-bond donors (Lipinski definition) is 1. The topological polar surface area (TPSA) is 35.8 Å². The molecule has 92 valence electrons. The maximum atomic E-state index is 9.44. The predicted molar refractivity (Wildman–Crippen MR) is 71.5 cm³/mol. The van der Waals surface area contributed by atoms with Gasteiger partial charge in [-0.25, -0.2) is 0 Å². The largest absolute Gasteiger partial charge is 0.393 e. The van der Waals surface area contributed by atoms with Gasteiger partial charge < -0.3 is 5.11 Å². The summed E-state index contributed by atoms with van der Waals surface area (Å²) in [7, 11) is 1.97. The zero-order valence-electron chi connectivity index (χ0n) is 10.6. The molecule has 0 bridgehead atoms. The van der Waals surface area contributed by atoms with Gasteiger partial charge in [-0.1, -0.05) is 17.7 Å². The predicted octanol–water partition coefficient (Wildman–Crippen LogP) is 2.72. The number of aliphatic hydroxyl groups is 1. The van der Waals surface area contributed by atoms with Crippen molar-refractivity contribution in [2.75, 3.05) is 12.1 Å². The van der Waals surface area contributed by atoms with E-state index in [0.717, 1.165) is 31.4 Å². The van der Waals surface area contributed by atoms with Gasteiger partial charge in [0.1, 0.15) is 0 Å². The highest BCUT2D eigenvalue weighted by Crippen LogP contribution is 2.19. The Hall–Kier alpha value is -1.35. The summed E-state index contributed by atoms with van der Waals surface area (Å²) in [5.74, 6) is 0. The van der Waals surface area contributed by atoms with Crippen molar-refractivity contribution in [1.82, 2.24) is 0 Å². The number of hydrazone groups is 1. The first kappa shape index (κ1) is 12.1. The van der Waals surface area contributed by atoms with Crippen LogP contribution in [0, 0.1) is 6.92 Å². The molecule has 0 spiro atoms. The lowest BCUT2D eigenvalue weighted by Gasteiger charge is -2.21. The molecule has 1 aliphatic carbocycles. The van der Waals surface area contributed by atoms with Gasteiger partial charge >= 0.3 is 0 Å². The first-order valence-corrected chi connectivity index (χ1v) is 6.20. The second-order valence-corrected chi connectivity index (χ2v) is 4.76. The van der Waals surface area contributed by atoms with Gasteiger partial charge in [-0.15, -0.1) is 0 Å². The molecule has 1 fully saturated rings. The van der Waals surface area contributed by atoms with Crippen molar-refractivity contribution in [3.8, 4) is 0 Å². The minimum atomic E-state index is -0.126. The molecular weight excluding hydrogens is 212 g/mol. The molecule has 0 atom stereocenters. The Labute approximate surface area is 103 Å². The van der Waals surface area contributed by atoms with Gasteiger partial charge in [0.15, 0.2) is 0 Å². The van der Waals surface area contributed by atoms with Crippen LogP contribution in [0.3, 0.4) is 0 Å². The van der Waals surface area contributed by atoms with Crippen molar-refractivity contribution in [2.45, 2.75) is 38.7 Å². The van der Waals surface area contributed by atoms with Crippen LogP contribution in [0.5, 0.6) is 0 Å². The van der Waals surface area contributed by atoms with E-state index in [1.165, 1.54) is 11.3 Å². The number of benzene rings is 1. The van der Waals surface area contributed by atoms with E-state index in [1.807, 2.05) is 12.1 Å². The Morgan fingerprint density at radius 1 is 1.18 bits per heavy atom. The number of nitrogens with zero attached hydrogens (tertiary/aromatic N) is 2. The van der Waals surface area contributed by atoms with E-state index in [2.05, 4.69) is 36.3 Å². The summed E-state index contributed by atoms with van der Waals surface area (Å²) in [6, 6.07) is 8.35. The normalized spacial score (nSPS) is 20.2. The van der Waals surface area contributed by atoms with E-state index in [4.69, 9.17) is 0 Å². The summed E-state index contributed by atoms with van der Waals surface area (Å²) >= 11 is 0. The molecule has 0 heterocycles. The summed E-state index contributed by atoms with van der Waals surface area (Å²) in [6.07, 6.45) is 3.40. The van der Waals surface area contributed by atoms with Crippen molar-refractivity contribution in [3.05, 3.63) is 29.8 Å². The maximum Gasteiger partial charge on any atom is 0.0590 e. The first-order valence-electron chi connectivity index (χ1n) is 6.20. The Bertz CT molecular complexity index is 387. The van der Waals surface area contributed by atoms with E-state index in [-0.39, 0.29) is 6.10 Å². The van der Waals surface area contributed by atoms with Crippen LogP contribution >= 0.6 is 0 Å². The van der Waals surface area contributed by atoms with Gasteiger partial charge in [-0.05, 0) is 44.7 Å². The van der Waals surface area contributed by atoms with Crippen molar-refractivity contribution < 1.29 is 5.11 Å². The Morgan fingerprint density at radius 2 is 1.76 bits per heavy atom. The highest BCUT2D eigenvalue weighted by atomic mass is 16.3. The minimum Gasteiger partial charge on any atom is -0.393 e. The number of aryl methyl sites for hydroxylation is 1. The van der Waals surface area contributed by atoms with E-state index in [0.29, 0.717) is 0 Å². The standard InChI is InChI=1S/C14H20N2O/c1-11-3-7-13(8-4-11)16(2)15-12-5-9-14(17)10-6-12/h3-4,7-8,14,17H,5-6,9-10H2,1-2H3. The second-order valence-electron chi connectivity index (χ2n) is 4.76. The summed E-state index contributed by atoms with van der Waals surface area (Å²) in [6.45, 7) is 2.08. The lowest BCUT2D eigenvalue weighted by molar-refractivity contribution is 0.152. The van der Waals surface area contributed by atoms with Crippen molar-refractivity contribution in [2.24, 2.45) is 5.10 Å². The van der Waals surface area contributed by atoms with Crippen LogP contribution < -0.4 is 5.01 Å². The molecule has 3 nitrogen and oxygen atoms in total. The third-order valence-electron chi connectivity index (χ3n) is 3.23. The molecule has 0 radical (unpaired) electrons. The third kappa shape index (κ3) is 3.30. The highest BCUT2D eigenvalue weighted by Gasteiger charge is 2.15. The summed E-state index contributed by atoms with van der Waals surface area (Å²) < 4.78 is 0. The van der Waals surface area contributed by atoms with E-state index < -0.39 is 0 Å². The number of hydrogen-bond acceptors (Lipinski definition) is 3. The zero-order valence-corrected chi connectivity index (χ0v) is 10.6. The SMILES string of the molecule is Cc1ccc(N(C)N=C2CCC(O)CC2)cc1. The monoisotopic (exact) mass is 232 g/mol. The molecule has 1 saturated carbocycles. The average Bonchev–Trinajstić information content (AvgIpc) is 2.33. The maximum absolute atomic E-state index is 9.44. The fourth-order valence-electron chi connectivity index (χ4n) is 2.07.